The molecule has 0 spiro atoms. The molecule has 154 valence electrons. The Morgan fingerprint density at radius 3 is 2.62 bits per heavy atom. The van der Waals surface area contributed by atoms with Crippen LogP contribution < -0.4 is 10.6 Å². The Bertz CT molecular complexity index is 924. The first-order chi connectivity index (χ1) is 13.7. The van der Waals surface area contributed by atoms with Gasteiger partial charge >= 0.3 is 6.09 Å². The maximum atomic E-state index is 12.6. The smallest absolute Gasteiger partial charge is 0.414 e. The van der Waals surface area contributed by atoms with Gasteiger partial charge in [0.25, 0.3) is 0 Å². The van der Waals surface area contributed by atoms with E-state index in [2.05, 4.69) is 4.98 Å². The number of aromatic nitrogens is 1. The number of hydrogen-bond acceptors (Lipinski definition) is 5. The van der Waals surface area contributed by atoms with Crippen molar-refractivity contribution in [2.45, 2.75) is 39.7 Å². The van der Waals surface area contributed by atoms with Crippen LogP contribution in [0.15, 0.2) is 30.5 Å². The zero-order valence-corrected chi connectivity index (χ0v) is 17.2. The molecule has 1 aliphatic heterocycles. The highest BCUT2D eigenvalue weighted by Gasteiger charge is 2.39. The van der Waals surface area contributed by atoms with Crippen LogP contribution in [0, 0.1) is 12.8 Å². The van der Waals surface area contributed by atoms with Crippen LogP contribution in [-0.2, 0) is 4.74 Å². The molecule has 1 aliphatic rings. The van der Waals surface area contributed by atoms with Crippen molar-refractivity contribution in [2.24, 2.45) is 11.7 Å². The monoisotopic (exact) mass is 397 g/mol. The number of anilines is 1. The van der Waals surface area contributed by atoms with Crippen molar-refractivity contribution in [3.63, 3.8) is 0 Å². The molecule has 29 heavy (non-hydrogen) atoms. The van der Waals surface area contributed by atoms with E-state index in [1.54, 1.807) is 24.1 Å². The first-order valence-electron chi connectivity index (χ1n) is 9.72. The second-order valence-corrected chi connectivity index (χ2v) is 7.88. The van der Waals surface area contributed by atoms with Crippen molar-refractivity contribution < 1.29 is 19.4 Å². The van der Waals surface area contributed by atoms with E-state index >= 15 is 0 Å². The van der Waals surface area contributed by atoms with Crippen molar-refractivity contribution in [2.75, 3.05) is 18.1 Å². The summed E-state index contributed by atoms with van der Waals surface area (Å²) in [6, 6.07) is 7.10. The molecule has 3 N–H and O–H groups in total. The molecule has 2 amide bonds. The van der Waals surface area contributed by atoms with Crippen molar-refractivity contribution >= 4 is 17.7 Å². The Kier molecular flexibility index (Phi) is 5.88. The molecule has 2 atom stereocenters. The summed E-state index contributed by atoms with van der Waals surface area (Å²) in [5.74, 6) is -0.880. The SMILES string of the molecule is Cc1ccc(-c2cc(C(N)=O)c([C@H](C)CO)c(N3C(=O)OC[C@H]3C(C)C)c2)nc1. The summed E-state index contributed by atoms with van der Waals surface area (Å²) >= 11 is 0. The lowest BCUT2D eigenvalue weighted by atomic mass is 9.89. The van der Waals surface area contributed by atoms with Gasteiger partial charge in [0.2, 0.25) is 5.91 Å². The maximum absolute atomic E-state index is 12.6. The molecular formula is C22H27N3O4. The van der Waals surface area contributed by atoms with E-state index in [0.29, 0.717) is 22.5 Å². The zero-order chi connectivity index (χ0) is 21.3. The van der Waals surface area contributed by atoms with Crippen molar-refractivity contribution in [3.05, 3.63) is 47.2 Å². The number of hydrogen-bond donors (Lipinski definition) is 2. The summed E-state index contributed by atoms with van der Waals surface area (Å²) in [6.45, 7) is 7.83. The molecule has 7 nitrogen and oxygen atoms in total. The van der Waals surface area contributed by atoms with E-state index in [4.69, 9.17) is 10.5 Å². The van der Waals surface area contributed by atoms with Crippen LogP contribution >= 0.6 is 0 Å². The second kappa shape index (κ2) is 8.21. The van der Waals surface area contributed by atoms with Crippen LogP contribution in [0.1, 0.15) is 48.2 Å². The number of nitrogens with two attached hydrogens (primary N) is 1. The summed E-state index contributed by atoms with van der Waals surface area (Å²) in [7, 11) is 0. The number of carbonyl (C=O) groups excluding carboxylic acids is 2. The molecule has 2 aromatic rings. The highest BCUT2D eigenvalue weighted by atomic mass is 16.6. The third-order valence-electron chi connectivity index (χ3n) is 5.33. The summed E-state index contributed by atoms with van der Waals surface area (Å²) < 4.78 is 5.32. The topological polar surface area (TPSA) is 106 Å². The van der Waals surface area contributed by atoms with Gasteiger partial charge in [0, 0.05) is 29.8 Å². The molecule has 1 aromatic heterocycles. The van der Waals surface area contributed by atoms with Crippen molar-refractivity contribution in [1.82, 2.24) is 4.98 Å². The number of ether oxygens (including phenoxy) is 1. The average molecular weight is 397 g/mol. The molecule has 3 rings (SSSR count). The first-order valence-corrected chi connectivity index (χ1v) is 9.72. The van der Waals surface area contributed by atoms with Gasteiger partial charge in [-0.2, -0.15) is 0 Å². The number of carbonyl (C=O) groups is 2. The fourth-order valence-electron chi connectivity index (χ4n) is 3.64. The molecule has 1 saturated heterocycles. The summed E-state index contributed by atoms with van der Waals surface area (Å²) in [5, 5.41) is 9.82. The molecule has 0 aliphatic carbocycles. The van der Waals surface area contributed by atoms with E-state index in [0.717, 1.165) is 5.56 Å². The van der Waals surface area contributed by atoms with Crippen LogP contribution in [0.2, 0.25) is 0 Å². The Morgan fingerprint density at radius 2 is 2.07 bits per heavy atom. The molecule has 7 heteroatoms. The van der Waals surface area contributed by atoms with Crippen LogP contribution in [0.5, 0.6) is 0 Å². The van der Waals surface area contributed by atoms with Crippen LogP contribution in [0.3, 0.4) is 0 Å². The second-order valence-electron chi connectivity index (χ2n) is 7.88. The molecule has 0 radical (unpaired) electrons. The predicted octanol–water partition coefficient (Wildman–Crippen LogP) is 3.23. The van der Waals surface area contributed by atoms with Crippen LogP contribution in [0.25, 0.3) is 11.3 Å². The largest absolute Gasteiger partial charge is 0.447 e. The Hall–Kier alpha value is -2.93. The quantitative estimate of drug-likeness (QED) is 0.778. The average Bonchev–Trinajstić information content (AvgIpc) is 3.08. The van der Waals surface area contributed by atoms with E-state index < -0.39 is 17.9 Å². The maximum Gasteiger partial charge on any atom is 0.414 e. The lowest BCUT2D eigenvalue weighted by Crippen LogP contribution is -2.38. The number of aryl methyl sites for hydroxylation is 1. The molecule has 0 unspecified atom stereocenters. The summed E-state index contributed by atoms with van der Waals surface area (Å²) in [4.78, 5) is 31.0. The van der Waals surface area contributed by atoms with E-state index in [-0.39, 0.29) is 30.7 Å². The highest BCUT2D eigenvalue weighted by molar-refractivity contribution is 6.01. The van der Waals surface area contributed by atoms with Gasteiger partial charge in [-0.3, -0.25) is 14.7 Å². The lowest BCUT2D eigenvalue weighted by molar-refractivity contribution is 0.0998. The van der Waals surface area contributed by atoms with Gasteiger partial charge in [-0.1, -0.05) is 26.8 Å². The molecule has 0 bridgehead atoms. The fourth-order valence-corrected chi connectivity index (χ4v) is 3.64. The molecule has 1 aromatic carbocycles. The fraction of sp³-hybridized carbons (Fsp3) is 0.409. The number of aliphatic hydroxyl groups excluding tert-OH is 1. The van der Waals surface area contributed by atoms with Crippen molar-refractivity contribution in [1.29, 1.82) is 0 Å². The van der Waals surface area contributed by atoms with Gasteiger partial charge in [-0.15, -0.1) is 0 Å². The minimum absolute atomic E-state index is 0.136. The first kappa shape index (κ1) is 20.8. The van der Waals surface area contributed by atoms with Gasteiger partial charge in [-0.25, -0.2) is 4.79 Å². The van der Waals surface area contributed by atoms with Crippen LogP contribution in [0.4, 0.5) is 10.5 Å². The number of aliphatic hydroxyl groups is 1. The van der Waals surface area contributed by atoms with Gasteiger partial charge in [0.05, 0.1) is 17.4 Å². The molecular weight excluding hydrogens is 370 g/mol. The number of primary amides is 1. The standard InChI is InChI=1S/C22H27N3O4/c1-12(2)19-11-29-22(28)25(19)18-8-15(17-6-5-13(3)9-24-17)7-16(21(23)27)20(18)14(4)10-26/h5-9,12,14,19,26H,10-11H2,1-4H3,(H2,23,27)/t14-,19+/m1/s1. The van der Waals surface area contributed by atoms with Crippen LogP contribution in [-0.4, -0.2) is 41.3 Å². The number of nitrogens with zero attached hydrogens (tertiary/aromatic N) is 2. The van der Waals surface area contributed by atoms with E-state index in [9.17, 15) is 14.7 Å². The van der Waals surface area contributed by atoms with E-state index in [1.807, 2.05) is 39.0 Å². The third-order valence-corrected chi connectivity index (χ3v) is 5.33. The summed E-state index contributed by atoms with van der Waals surface area (Å²) in [5.41, 5.74) is 9.38. The Morgan fingerprint density at radius 1 is 1.34 bits per heavy atom. The highest BCUT2D eigenvalue weighted by Crippen LogP contribution is 2.39. The van der Waals surface area contributed by atoms with Gasteiger partial charge in [0.1, 0.15) is 6.61 Å². The number of amides is 2. The zero-order valence-electron chi connectivity index (χ0n) is 17.2. The molecule has 0 saturated carbocycles. The molecule has 1 fully saturated rings. The lowest BCUT2D eigenvalue weighted by Gasteiger charge is -2.29. The number of cyclic esters (lactones) is 1. The summed E-state index contributed by atoms with van der Waals surface area (Å²) in [6.07, 6.45) is 1.27. The number of pyridine rings is 1. The Balaban J connectivity index is 2.29. The minimum Gasteiger partial charge on any atom is -0.447 e. The molecule has 2 heterocycles. The van der Waals surface area contributed by atoms with Gasteiger partial charge < -0.3 is 15.6 Å². The Labute approximate surface area is 170 Å². The predicted molar refractivity (Wildman–Crippen MR) is 111 cm³/mol. The third kappa shape index (κ3) is 3.96. The van der Waals surface area contributed by atoms with Crippen molar-refractivity contribution in [3.8, 4) is 11.3 Å². The number of benzene rings is 1. The van der Waals surface area contributed by atoms with E-state index in [1.165, 1.54) is 0 Å². The normalized spacial score (nSPS) is 17.5. The number of rotatable bonds is 6. The minimum atomic E-state index is -0.621. The van der Waals surface area contributed by atoms with Gasteiger partial charge in [0.15, 0.2) is 0 Å². The van der Waals surface area contributed by atoms with Gasteiger partial charge in [-0.05, 0) is 42.2 Å².